The molecule has 0 heterocycles. The fourth-order valence-corrected chi connectivity index (χ4v) is 1.08. The summed E-state index contributed by atoms with van der Waals surface area (Å²) in [6.07, 6.45) is 0. The number of rotatable bonds is 3. The Balaban J connectivity index is 0.00000169. The third kappa shape index (κ3) is 3.01. The highest BCUT2D eigenvalue weighted by atomic mass is 35.5. The largest absolute Gasteiger partial charge is 0.478 e. The highest BCUT2D eigenvalue weighted by molar-refractivity contribution is 5.87. The minimum Gasteiger partial charge on any atom is -0.478 e. The van der Waals surface area contributed by atoms with Gasteiger partial charge >= 0.3 is 5.97 Å². The number of hydrogen-bond acceptors (Lipinski definition) is 2. The van der Waals surface area contributed by atoms with E-state index in [1.807, 2.05) is 26.1 Å². The molecule has 0 saturated heterocycles. The van der Waals surface area contributed by atoms with E-state index in [1.165, 1.54) is 0 Å². The monoisotopic (exact) mass is 215 g/mol. The number of carboxylic acids is 1. The second-order valence-corrected chi connectivity index (χ2v) is 2.94. The van der Waals surface area contributed by atoms with Gasteiger partial charge in [-0.2, -0.15) is 0 Å². The average Bonchev–Trinajstić information content (AvgIpc) is 2.17. The van der Waals surface area contributed by atoms with Crippen molar-refractivity contribution in [2.24, 2.45) is 0 Å². The summed E-state index contributed by atoms with van der Waals surface area (Å²) in [6.45, 7) is 2.02. The molecule has 0 aromatic heterocycles. The molecule has 0 aliphatic rings. The Labute approximate surface area is 89.5 Å². The summed E-state index contributed by atoms with van der Waals surface area (Å²) in [5.74, 6) is -0.885. The van der Waals surface area contributed by atoms with Crippen LogP contribution in [0.3, 0.4) is 0 Å². The smallest absolute Gasteiger partial charge is 0.335 e. The van der Waals surface area contributed by atoms with E-state index < -0.39 is 5.97 Å². The summed E-state index contributed by atoms with van der Waals surface area (Å²) in [7, 11) is 1.87. The number of hydrogen-bond donors (Lipinski definition) is 2. The van der Waals surface area contributed by atoms with Crippen LogP contribution in [0.2, 0.25) is 0 Å². The average molecular weight is 216 g/mol. The van der Waals surface area contributed by atoms with E-state index in [9.17, 15) is 4.79 Å². The van der Waals surface area contributed by atoms with Crippen molar-refractivity contribution in [1.82, 2.24) is 5.32 Å². The molecule has 0 unspecified atom stereocenters. The van der Waals surface area contributed by atoms with Crippen molar-refractivity contribution in [3.63, 3.8) is 0 Å². The molecular formula is C10H14ClNO2. The lowest BCUT2D eigenvalue weighted by molar-refractivity contribution is 0.0697. The molecule has 0 spiro atoms. The number of aromatic carboxylic acids is 1. The summed E-state index contributed by atoms with van der Waals surface area (Å²) >= 11 is 0. The SMILES string of the molecule is CN[C@@H](C)c1ccc(C(=O)O)cc1.Cl. The topological polar surface area (TPSA) is 49.3 Å². The molecule has 0 amide bonds. The summed E-state index contributed by atoms with van der Waals surface area (Å²) in [4.78, 5) is 10.5. The number of halogens is 1. The molecule has 0 saturated carbocycles. The van der Waals surface area contributed by atoms with Crippen LogP contribution in [-0.4, -0.2) is 18.1 Å². The molecule has 1 atom stereocenters. The zero-order valence-corrected chi connectivity index (χ0v) is 8.97. The molecule has 4 heteroatoms. The van der Waals surface area contributed by atoms with E-state index in [0.717, 1.165) is 5.56 Å². The third-order valence-electron chi connectivity index (χ3n) is 2.09. The Kier molecular flexibility index (Phi) is 5.20. The summed E-state index contributed by atoms with van der Waals surface area (Å²) in [5, 5.41) is 11.7. The van der Waals surface area contributed by atoms with Gasteiger partial charge in [0.1, 0.15) is 0 Å². The van der Waals surface area contributed by atoms with Crippen LogP contribution >= 0.6 is 12.4 Å². The second-order valence-electron chi connectivity index (χ2n) is 2.94. The Hall–Kier alpha value is -1.06. The van der Waals surface area contributed by atoms with Gasteiger partial charge in [0.25, 0.3) is 0 Å². The summed E-state index contributed by atoms with van der Waals surface area (Å²) in [6, 6.07) is 7.13. The van der Waals surface area contributed by atoms with E-state index >= 15 is 0 Å². The van der Waals surface area contributed by atoms with Crippen LogP contribution in [0.1, 0.15) is 28.9 Å². The molecule has 3 nitrogen and oxygen atoms in total. The van der Waals surface area contributed by atoms with E-state index in [1.54, 1.807) is 12.1 Å². The van der Waals surface area contributed by atoms with Gasteiger partial charge < -0.3 is 10.4 Å². The van der Waals surface area contributed by atoms with Crippen molar-refractivity contribution < 1.29 is 9.90 Å². The maximum Gasteiger partial charge on any atom is 0.335 e. The van der Waals surface area contributed by atoms with Crippen LogP contribution in [0.15, 0.2) is 24.3 Å². The fourth-order valence-electron chi connectivity index (χ4n) is 1.08. The molecule has 78 valence electrons. The highest BCUT2D eigenvalue weighted by Gasteiger charge is 2.04. The summed E-state index contributed by atoms with van der Waals surface area (Å²) < 4.78 is 0. The molecule has 14 heavy (non-hydrogen) atoms. The quantitative estimate of drug-likeness (QED) is 0.812. The number of carbonyl (C=O) groups is 1. The highest BCUT2D eigenvalue weighted by Crippen LogP contribution is 2.12. The zero-order chi connectivity index (χ0) is 9.84. The maximum atomic E-state index is 10.5. The van der Waals surface area contributed by atoms with Gasteiger partial charge in [-0.3, -0.25) is 0 Å². The predicted molar refractivity (Wildman–Crippen MR) is 58.1 cm³/mol. The van der Waals surface area contributed by atoms with Gasteiger partial charge in [-0.1, -0.05) is 12.1 Å². The lowest BCUT2D eigenvalue weighted by Crippen LogP contribution is -2.12. The van der Waals surface area contributed by atoms with E-state index in [4.69, 9.17) is 5.11 Å². The summed E-state index contributed by atoms with van der Waals surface area (Å²) in [5.41, 5.74) is 1.42. The number of nitrogens with one attached hydrogen (secondary N) is 1. The molecule has 0 bridgehead atoms. The van der Waals surface area contributed by atoms with Gasteiger partial charge in [0.15, 0.2) is 0 Å². The molecule has 0 fully saturated rings. The van der Waals surface area contributed by atoms with Gasteiger partial charge in [0.05, 0.1) is 5.56 Å². The van der Waals surface area contributed by atoms with Crippen LogP contribution in [0.5, 0.6) is 0 Å². The van der Waals surface area contributed by atoms with Crippen molar-refractivity contribution in [2.75, 3.05) is 7.05 Å². The van der Waals surface area contributed by atoms with Crippen molar-refractivity contribution in [2.45, 2.75) is 13.0 Å². The van der Waals surface area contributed by atoms with Crippen molar-refractivity contribution >= 4 is 18.4 Å². The van der Waals surface area contributed by atoms with Crippen LogP contribution in [0.25, 0.3) is 0 Å². The van der Waals surface area contributed by atoms with Gasteiger partial charge in [-0.25, -0.2) is 4.79 Å². The van der Waals surface area contributed by atoms with Crippen molar-refractivity contribution in [3.8, 4) is 0 Å². The Bertz CT molecular complexity index is 297. The Morgan fingerprint density at radius 2 is 1.86 bits per heavy atom. The molecule has 1 aromatic carbocycles. The lowest BCUT2D eigenvalue weighted by atomic mass is 10.1. The normalized spacial score (nSPS) is 11.6. The fraction of sp³-hybridized carbons (Fsp3) is 0.300. The first-order valence-corrected chi connectivity index (χ1v) is 4.15. The number of carboxylic acid groups (broad SMARTS) is 1. The Morgan fingerprint density at radius 3 is 2.21 bits per heavy atom. The maximum absolute atomic E-state index is 10.5. The van der Waals surface area contributed by atoms with Crippen LogP contribution < -0.4 is 5.32 Å². The van der Waals surface area contributed by atoms with E-state index in [2.05, 4.69) is 5.32 Å². The Morgan fingerprint density at radius 1 is 1.36 bits per heavy atom. The molecule has 1 rings (SSSR count). The van der Waals surface area contributed by atoms with Crippen molar-refractivity contribution in [3.05, 3.63) is 35.4 Å². The van der Waals surface area contributed by atoms with Crippen LogP contribution in [-0.2, 0) is 0 Å². The molecule has 2 N–H and O–H groups in total. The second kappa shape index (κ2) is 5.62. The van der Waals surface area contributed by atoms with E-state index in [-0.39, 0.29) is 18.4 Å². The van der Waals surface area contributed by atoms with Gasteiger partial charge in [-0.15, -0.1) is 12.4 Å². The van der Waals surface area contributed by atoms with Crippen LogP contribution in [0, 0.1) is 0 Å². The number of benzene rings is 1. The molecular weight excluding hydrogens is 202 g/mol. The first-order valence-electron chi connectivity index (χ1n) is 4.15. The minimum absolute atomic E-state index is 0. The minimum atomic E-state index is -0.885. The molecule has 1 aromatic rings. The first kappa shape index (κ1) is 12.9. The molecule has 0 radical (unpaired) electrons. The van der Waals surface area contributed by atoms with Crippen LogP contribution in [0.4, 0.5) is 0 Å². The predicted octanol–water partition coefficient (Wildman–Crippen LogP) is 2.09. The third-order valence-corrected chi connectivity index (χ3v) is 2.09. The molecule has 0 aliphatic carbocycles. The zero-order valence-electron chi connectivity index (χ0n) is 8.15. The lowest BCUT2D eigenvalue weighted by Gasteiger charge is -2.09. The van der Waals surface area contributed by atoms with Gasteiger partial charge in [-0.05, 0) is 31.7 Å². The van der Waals surface area contributed by atoms with E-state index in [0.29, 0.717) is 5.56 Å². The molecule has 0 aliphatic heterocycles. The van der Waals surface area contributed by atoms with Crippen molar-refractivity contribution in [1.29, 1.82) is 0 Å². The standard InChI is InChI=1S/C10H13NO2.ClH/c1-7(11-2)8-3-5-9(6-4-8)10(12)13;/h3-7,11H,1-2H3,(H,12,13);1H/t7-;/m0./s1. The van der Waals surface area contributed by atoms with Gasteiger partial charge in [0.2, 0.25) is 0 Å². The first-order chi connectivity index (χ1) is 6.15. The van der Waals surface area contributed by atoms with Gasteiger partial charge in [0, 0.05) is 6.04 Å².